The number of hydrogen-bond donors (Lipinski definition) is 3. The van der Waals surface area contributed by atoms with Crippen molar-refractivity contribution in [2.45, 2.75) is 19.5 Å². The van der Waals surface area contributed by atoms with Gasteiger partial charge >= 0.3 is 6.18 Å². The van der Waals surface area contributed by atoms with Gasteiger partial charge < -0.3 is 16.4 Å². The van der Waals surface area contributed by atoms with Crippen LogP contribution in [-0.2, 0) is 11.0 Å². The first kappa shape index (κ1) is 16.8. The SMILES string of the molecule is CCNc1c(C(=O)NCCC(N)=O)cccc1C(F)(F)F. The smallest absolute Gasteiger partial charge is 0.384 e. The number of nitrogens with one attached hydrogen (secondary N) is 2. The number of benzene rings is 1. The number of anilines is 1. The van der Waals surface area contributed by atoms with Crippen LogP contribution in [0, 0.1) is 0 Å². The minimum absolute atomic E-state index is 0.0318. The maximum atomic E-state index is 12.9. The van der Waals surface area contributed by atoms with Crippen LogP contribution in [-0.4, -0.2) is 24.9 Å². The van der Waals surface area contributed by atoms with Crippen molar-refractivity contribution in [3.05, 3.63) is 29.3 Å². The Morgan fingerprint density at radius 1 is 1.29 bits per heavy atom. The predicted molar refractivity (Wildman–Crippen MR) is 71.8 cm³/mol. The standard InChI is InChI=1S/C13H16F3N3O2/c1-2-18-11-8(12(21)19-7-6-10(17)20)4-3-5-9(11)13(14,15)16/h3-5,18H,2,6-7H2,1H3,(H2,17,20)(H,19,21). The molecular weight excluding hydrogens is 287 g/mol. The van der Waals surface area contributed by atoms with Crippen LogP contribution in [0.2, 0.25) is 0 Å². The molecule has 0 saturated heterocycles. The molecule has 0 radical (unpaired) electrons. The molecule has 1 aromatic rings. The number of primary amides is 1. The fourth-order valence-electron chi connectivity index (χ4n) is 1.74. The summed E-state index contributed by atoms with van der Waals surface area (Å²) < 4.78 is 38.8. The Labute approximate surface area is 119 Å². The summed E-state index contributed by atoms with van der Waals surface area (Å²) in [5.74, 6) is -1.30. The Balaban J connectivity index is 3.05. The number of hydrogen-bond acceptors (Lipinski definition) is 3. The third-order valence-corrected chi connectivity index (χ3v) is 2.62. The molecule has 0 bridgehead atoms. The second-order valence-corrected chi connectivity index (χ2v) is 4.23. The molecular formula is C13H16F3N3O2. The fraction of sp³-hybridized carbons (Fsp3) is 0.385. The Bertz CT molecular complexity index is 530. The third-order valence-electron chi connectivity index (χ3n) is 2.62. The number of carbonyl (C=O) groups is 2. The van der Waals surface area contributed by atoms with Gasteiger partial charge in [0.1, 0.15) is 0 Å². The van der Waals surface area contributed by atoms with Gasteiger partial charge in [-0.25, -0.2) is 0 Å². The van der Waals surface area contributed by atoms with Crippen LogP contribution < -0.4 is 16.4 Å². The summed E-state index contributed by atoms with van der Waals surface area (Å²) in [6, 6.07) is 3.34. The van der Waals surface area contributed by atoms with Gasteiger partial charge in [0, 0.05) is 19.5 Å². The summed E-state index contributed by atoms with van der Waals surface area (Å²) in [5, 5.41) is 4.92. The van der Waals surface area contributed by atoms with Crippen LogP contribution in [0.1, 0.15) is 29.3 Å². The third kappa shape index (κ3) is 4.66. The van der Waals surface area contributed by atoms with E-state index in [1.807, 2.05) is 0 Å². The molecule has 0 aliphatic rings. The molecule has 1 rings (SSSR count). The van der Waals surface area contributed by atoms with Gasteiger partial charge in [0.15, 0.2) is 0 Å². The van der Waals surface area contributed by atoms with Gasteiger partial charge in [-0.2, -0.15) is 13.2 Å². The summed E-state index contributed by atoms with van der Waals surface area (Å²) >= 11 is 0. The zero-order chi connectivity index (χ0) is 16.0. The monoisotopic (exact) mass is 303 g/mol. The van der Waals surface area contributed by atoms with E-state index in [9.17, 15) is 22.8 Å². The molecule has 8 heteroatoms. The van der Waals surface area contributed by atoms with E-state index < -0.39 is 23.6 Å². The van der Waals surface area contributed by atoms with Gasteiger partial charge in [-0.1, -0.05) is 6.07 Å². The van der Waals surface area contributed by atoms with E-state index in [2.05, 4.69) is 10.6 Å². The van der Waals surface area contributed by atoms with Crippen molar-refractivity contribution in [1.82, 2.24) is 5.32 Å². The zero-order valence-corrected chi connectivity index (χ0v) is 11.4. The van der Waals surface area contributed by atoms with Crippen molar-refractivity contribution in [1.29, 1.82) is 0 Å². The number of para-hydroxylation sites is 1. The van der Waals surface area contributed by atoms with Gasteiger partial charge in [-0.3, -0.25) is 9.59 Å². The van der Waals surface area contributed by atoms with Crippen LogP contribution in [0.15, 0.2) is 18.2 Å². The van der Waals surface area contributed by atoms with Gasteiger partial charge in [-0.05, 0) is 19.1 Å². The molecule has 0 aliphatic heterocycles. The van der Waals surface area contributed by atoms with E-state index in [-0.39, 0.29) is 30.8 Å². The molecule has 0 aromatic heterocycles. The molecule has 0 fully saturated rings. The number of halogens is 3. The van der Waals surface area contributed by atoms with Crippen molar-refractivity contribution >= 4 is 17.5 Å². The summed E-state index contributed by atoms with van der Waals surface area (Å²) in [5.41, 5.74) is 3.61. The quantitative estimate of drug-likeness (QED) is 0.748. The molecule has 116 valence electrons. The number of rotatable bonds is 6. The highest BCUT2D eigenvalue weighted by atomic mass is 19.4. The van der Waals surface area contributed by atoms with E-state index in [0.29, 0.717) is 0 Å². The topological polar surface area (TPSA) is 84.2 Å². The van der Waals surface area contributed by atoms with E-state index in [1.54, 1.807) is 6.92 Å². The lowest BCUT2D eigenvalue weighted by molar-refractivity contribution is -0.137. The number of alkyl halides is 3. The molecule has 0 saturated carbocycles. The second-order valence-electron chi connectivity index (χ2n) is 4.23. The Morgan fingerprint density at radius 2 is 1.95 bits per heavy atom. The van der Waals surface area contributed by atoms with Crippen molar-refractivity contribution in [3.63, 3.8) is 0 Å². The maximum Gasteiger partial charge on any atom is 0.418 e. The largest absolute Gasteiger partial charge is 0.418 e. The number of carbonyl (C=O) groups excluding carboxylic acids is 2. The molecule has 0 spiro atoms. The van der Waals surface area contributed by atoms with E-state index in [4.69, 9.17) is 5.73 Å². The van der Waals surface area contributed by atoms with Crippen molar-refractivity contribution in [2.75, 3.05) is 18.4 Å². The van der Waals surface area contributed by atoms with Crippen molar-refractivity contribution in [3.8, 4) is 0 Å². The number of amides is 2. The van der Waals surface area contributed by atoms with Crippen LogP contribution in [0.5, 0.6) is 0 Å². The molecule has 1 aromatic carbocycles. The lowest BCUT2D eigenvalue weighted by Gasteiger charge is -2.17. The summed E-state index contributed by atoms with van der Waals surface area (Å²) in [4.78, 5) is 22.5. The molecule has 0 heterocycles. The Kier molecular flexibility index (Phi) is 5.57. The van der Waals surface area contributed by atoms with Gasteiger partial charge in [-0.15, -0.1) is 0 Å². The predicted octanol–water partition coefficient (Wildman–Crippen LogP) is 1.74. The highest BCUT2D eigenvalue weighted by Crippen LogP contribution is 2.36. The average molecular weight is 303 g/mol. The van der Waals surface area contributed by atoms with Gasteiger partial charge in [0.25, 0.3) is 5.91 Å². The molecule has 5 nitrogen and oxygen atoms in total. The van der Waals surface area contributed by atoms with Gasteiger partial charge in [0.2, 0.25) is 5.91 Å². The first-order chi connectivity index (χ1) is 9.77. The van der Waals surface area contributed by atoms with E-state index in [1.165, 1.54) is 6.07 Å². The molecule has 0 unspecified atom stereocenters. The van der Waals surface area contributed by atoms with Crippen LogP contribution in [0.4, 0.5) is 18.9 Å². The van der Waals surface area contributed by atoms with Crippen molar-refractivity contribution in [2.24, 2.45) is 5.73 Å². The summed E-state index contributed by atoms with van der Waals surface area (Å²) in [7, 11) is 0. The minimum atomic E-state index is -4.57. The van der Waals surface area contributed by atoms with Crippen LogP contribution >= 0.6 is 0 Å². The minimum Gasteiger partial charge on any atom is -0.384 e. The molecule has 4 N–H and O–H groups in total. The molecule has 21 heavy (non-hydrogen) atoms. The average Bonchev–Trinajstić information content (AvgIpc) is 2.37. The Hall–Kier alpha value is -2.25. The fourth-order valence-corrected chi connectivity index (χ4v) is 1.74. The van der Waals surface area contributed by atoms with Crippen LogP contribution in [0.3, 0.4) is 0 Å². The highest BCUT2D eigenvalue weighted by Gasteiger charge is 2.35. The van der Waals surface area contributed by atoms with E-state index >= 15 is 0 Å². The van der Waals surface area contributed by atoms with Gasteiger partial charge in [0.05, 0.1) is 16.8 Å². The second kappa shape index (κ2) is 6.96. The Morgan fingerprint density at radius 3 is 2.48 bits per heavy atom. The summed E-state index contributed by atoms with van der Waals surface area (Å²) in [6.45, 7) is 1.83. The normalized spacial score (nSPS) is 11.0. The first-order valence-corrected chi connectivity index (χ1v) is 6.28. The van der Waals surface area contributed by atoms with Crippen LogP contribution in [0.25, 0.3) is 0 Å². The summed E-state index contributed by atoms with van der Waals surface area (Å²) in [6.07, 6.45) is -4.65. The highest BCUT2D eigenvalue weighted by molar-refractivity contribution is 6.00. The lowest BCUT2D eigenvalue weighted by atomic mass is 10.1. The zero-order valence-electron chi connectivity index (χ0n) is 11.4. The molecule has 2 amide bonds. The first-order valence-electron chi connectivity index (χ1n) is 6.28. The lowest BCUT2D eigenvalue weighted by Crippen LogP contribution is -2.29. The van der Waals surface area contributed by atoms with Crippen molar-refractivity contribution < 1.29 is 22.8 Å². The maximum absolute atomic E-state index is 12.9. The molecule has 0 aliphatic carbocycles. The van der Waals surface area contributed by atoms with E-state index in [0.717, 1.165) is 12.1 Å². The number of nitrogens with two attached hydrogens (primary N) is 1. The molecule has 0 atom stereocenters.